The first kappa shape index (κ1) is 19.0. The lowest BCUT2D eigenvalue weighted by atomic mass is 10.0. The molecule has 3 rings (SSSR count). The van der Waals surface area contributed by atoms with Gasteiger partial charge in [-0.1, -0.05) is 36.6 Å². The molecule has 0 bridgehead atoms. The third kappa shape index (κ3) is 4.89. The van der Waals surface area contributed by atoms with E-state index >= 15 is 0 Å². The molecule has 1 aliphatic carbocycles. The highest BCUT2D eigenvalue weighted by atomic mass is 35.5. The first-order valence-electron chi connectivity index (χ1n) is 8.80. The summed E-state index contributed by atoms with van der Waals surface area (Å²) >= 11 is 6.77. The molecule has 0 radical (unpaired) electrons. The predicted molar refractivity (Wildman–Crippen MR) is 104 cm³/mol. The molecular weight excluding hydrogens is 372 g/mol. The number of hydrogen-bond acceptors (Lipinski definition) is 4. The first-order valence-corrected chi connectivity index (χ1v) is 10.00. The molecule has 138 valence electrons. The summed E-state index contributed by atoms with van der Waals surface area (Å²) in [6.07, 6.45) is 6.86. The summed E-state index contributed by atoms with van der Waals surface area (Å²) < 4.78 is 0. The van der Waals surface area contributed by atoms with Crippen LogP contribution in [0.4, 0.5) is 4.79 Å². The maximum atomic E-state index is 12.4. The highest BCUT2D eigenvalue weighted by Gasteiger charge is 2.34. The molecular formula is C19H21ClN2O3S. The number of nitrogens with zero attached hydrogens (tertiary/aromatic N) is 1. The molecule has 26 heavy (non-hydrogen) atoms. The van der Waals surface area contributed by atoms with Gasteiger partial charge in [0.2, 0.25) is 5.91 Å². The Hall–Kier alpha value is -1.79. The minimum Gasteiger partial charge on any atom is -0.354 e. The van der Waals surface area contributed by atoms with Crippen LogP contribution in [0.5, 0.6) is 0 Å². The van der Waals surface area contributed by atoms with Crippen LogP contribution in [0.25, 0.3) is 6.08 Å². The van der Waals surface area contributed by atoms with Gasteiger partial charge in [-0.15, -0.1) is 0 Å². The summed E-state index contributed by atoms with van der Waals surface area (Å²) in [4.78, 5) is 38.0. The molecule has 1 aromatic carbocycles. The SMILES string of the molecule is O=C(CC1CCCC1)NCCN1C(=O)S/C(=C\c2ccc(Cl)cc2)C1=O. The first-order chi connectivity index (χ1) is 12.5. The molecule has 0 atom stereocenters. The quantitative estimate of drug-likeness (QED) is 0.741. The van der Waals surface area contributed by atoms with Gasteiger partial charge in [0.15, 0.2) is 0 Å². The third-order valence-corrected chi connectivity index (χ3v) is 5.81. The summed E-state index contributed by atoms with van der Waals surface area (Å²) in [7, 11) is 0. The van der Waals surface area contributed by atoms with Gasteiger partial charge in [0.05, 0.1) is 4.91 Å². The zero-order valence-corrected chi connectivity index (χ0v) is 15.9. The normalized spacial score (nSPS) is 19.6. The molecule has 1 aliphatic heterocycles. The fraction of sp³-hybridized carbons (Fsp3) is 0.421. The highest BCUT2D eigenvalue weighted by molar-refractivity contribution is 8.18. The molecule has 7 heteroatoms. The van der Waals surface area contributed by atoms with Crippen LogP contribution in [0.1, 0.15) is 37.7 Å². The number of carbonyl (C=O) groups is 3. The van der Waals surface area contributed by atoms with Crippen molar-refractivity contribution in [1.82, 2.24) is 10.2 Å². The smallest absolute Gasteiger partial charge is 0.293 e. The van der Waals surface area contributed by atoms with E-state index in [9.17, 15) is 14.4 Å². The zero-order chi connectivity index (χ0) is 18.5. The molecule has 0 aromatic heterocycles. The van der Waals surface area contributed by atoms with Crippen LogP contribution in [0, 0.1) is 5.92 Å². The minimum atomic E-state index is -0.319. The second kappa shape index (κ2) is 8.73. The molecule has 2 aliphatic rings. The number of carbonyl (C=O) groups excluding carboxylic acids is 3. The third-order valence-electron chi connectivity index (χ3n) is 4.65. The lowest BCUT2D eigenvalue weighted by molar-refractivity contribution is -0.124. The topological polar surface area (TPSA) is 66.5 Å². The van der Waals surface area contributed by atoms with Gasteiger partial charge in [-0.25, -0.2) is 0 Å². The average Bonchev–Trinajstić information content (AvgIpc) is 3.20. The Morgan fingerprint density at radius 3 is 2.62 bits per heavy atom. The van der Waals surface area contributed by atoms with Crippen molar-refractivity contribution in [2.45, 2.75) is 32.1 Å². The van der Waals surface area contributed by atoms with Crippen LogP contribution >= 0.6 is 23.4 Å². The standard InChI is InChI=1S/C19H21ClN2O3S/c20-15-7-5-14(6-8-15)11-16-18(24)22(19(25)26-16)10-9-21-17(23)12-13-3-1-2-4-13/h5-8,11,13H,1-4,9-10,12H2,(H,21,23)/b16-11-. The molecule has 0 unspecified atom stereocenters. The van der Waals surface area contributed by atoms with Gasteiger partial charge >= 0.3 is 0 Å². The van der Waals surface area contributed by atoms with Crippen LogP contribution in [-0.2, 0) is 9.59 Å². The Morgan fingerprint density at radius 1 is 1.23 bits per heavy atom. The molecule has 1 heterocycles. The molecule has 1 saturated carbocycles. The molecule has 1 saturated heterocycles. The van der Waals surface area contributed by atoms with E-state index in [1.165, 1.54) is 17.7 Å². The Morgan fingerprint density at radius 2 is 1.92 bits per heavy atom. The number of imide groups is 1. The Balaban J connectivity index is 1.50. The van der Waals surface area contributed by atoms with E-state index < -0.39 is 0 Å². The molecule has 1 N–H and O–H groups in total. The summed E-state index contributed by atoms with van der Waals surface area (Å²) in [6.45, 7) is 0.483. The number of thioether (sulfide) groups is 1. The van der Waals surface area contributed by atoms with Gasteiger partial charge in [-0.2, -0.15) is 0 Å². The fourth-order valence-electron chi connectivity index (χ4n) is 3.26. The zero-order valence-electron chi connectivity index (χ0n) is 14.4. The van der Waals surface area contributed by atoms with E-state index in [1.54, 1.807) is 30.3 Å². The summed E-state index contributed by atoms with van der Waals surface area (Å²) in [5.74, 6) is 0.162. The number of halogens is 1. The molecule has 2 fully saturated rings. The second-order valence-corrected chi connectivity index (χ2v) is 8.02. The van der Waals surface area contributed by atoms with Crippen LogP contribution in [0.3, 0.4) is 0 Å². The van der Waals surface area contributed by atoms with Crippen LogP contribution in [0.15, 0.2) is 29.2 Å². The van der Waals surface area contributed by atoms with E-state index in [-0.39, 0.29) is 30.1 Å². The van der Waals surface area contributed by atoms with E-state index in [1.807, 2.05) is 0 Å². The number of amides is 3. The van der Waals surface area contributed by atoms with Crippen molar-refractivity contribution >= 4 is 46.5 Å². The van der Waals surface area contributed by atoms with E-state index in [0.29, 0.717) is 22.3 Å². The van der Waals surface area contributed by atoms with Gasteiger partial charge < -0.3 is 5.32 Å². The van der Waals surface area contributed by atoms with Crippen LogP contribution in [-0.4, -0.2) is 35.0 Å². The summed E-state index contributed by atoms with van der Waals surface area (Å²) in [6, 6.07) is 7.05. The molecule has 5 nitrogen and oxygen atoms in total. The Labute approximate surface area is 162 Å². The average molecular weight is 393 g/mol. The van der Waals surface area contributed by atoms with Gasteiger partial charge in [0.1, 0.15) is 0 Å². The summed E-state index contributed by atoms with van der Waals surface area (Å²) in [5, 5.41) is 3.13. The largest absolute Gasteiger partial charge is 0.354 e. The second-order valence-electron chi connectivity index (χ2n) is 6.59. The number of benzene rings is 1. The maximum Gasteiger partial charge on any atom is 0.293 e. The summed E-state index contributed by atoms with van der Waals surface area (Å²) in [5.41, 5.74) is 0.810. The lowest BCUT2D eigenvalue weighted by Gasteiger charge is -2.14. The van der Waals surface area contributed by atoms with E-state index in [4.69, 9.17) is 11.6 Å². The Kier molecular flexibility index (Phi) is 6.38. The predicted octanol–water partition coefficient (Wildman–Crippen LogP) is 4.07. The van der Waals surface area contributed by atoms with Gasteiger partial charge in [0.25, 0.3) is 11.1 Å². The van der Waals surface area contributed by atoms with Crippen LogP contribution in [0.2, 0.25) is 5.02 Å². The number of rotatable bonds is 6. The number of hydrogen-bond donors (Lipinski definition) is 1. The lowest BCUT2D eigenvalue weighted by Crippen LogP contribution is -2.37. The van der Waals surface area contributed by atoms with Crippen LogP contribution < -0.4 is 5.32 Å². The maximum absolute atomic E-state index is 12.4. The highest BCUT2D eigenvalue weighted by Crippen LogP contribution is 2.32. The Bertz CT molecular complexity index is 727. The molecule has 3 amide bonds. The molecule has 1 aromatic rings. The van der Waals surface area contributed by atoms with Gasteiger partial charge in [-0.3, -0.25) is 19.3 Å². The number of nitrogens with one attached hydrogen (secondary N) is 1. The minimum absolute atomic E-state index is 0.000535. The van der Waals surface area contributed by atoms with Gasteiger partial charge in [-0.05, 0) is 54.3 Å². The van der Waals surface area contributed by atoms with Crippen molar-refractivity contribution in [1.29, 1.82) is 0 Å². The van der Waals surface area contributed by atoms with Gasteiger partial charge in [0, 0.05) is 24.5 Å². The van der Waals surface area contributed by atoms with Crippen molar-refractivity contribution in [3.63, 3.8) is 0 Å². The van der Waals surface area contributed by atoms with E-state index in [0.717, 1.165) is 30.2 Å². The van der Waals surface area contributed by atoms with Crippen molar-refractivity contribution in [3.05, 3.63) is 39.8 Å². The van der Waals surface area contributed by atoms with Crippen molar-refractivity contribution < 1.29 is 14.4 Å². The molecule has 0 spiro atoms. The monoisotopic (exact) mass is 392 g/mol. The fourth-order valence-corrected chi connectivity index (χ4v) is 4.25. The van der Waals surface area contributed by atoms with Crippen molar-refractivity contribution in [2.75, 3.05) is 13.1 Å². The van der Waals surface area contributed by atoms with Crippen molar-refractivity contribution in [3.8, 4) is 0 Å². The van der Waals surface area contributed by atoms with E-state index in [2.05, 4.69) is 5.32 Å². The van der Waals surface area contributed by atoms with Crippen molar-refractivity contribution in [2.24, 2.45) is 5.92 Å².